The summed E-state index contributed by atoms with van der Waals surface area (Å²) in [4.78, 5) is 0. The van der Waals surface area contributed by atoms with Crippen molar-refractivity contribution in [3.05, 3.63) is 41.2 Å². The van der Waals surface area contributed by atoms with Gasteiger partial charge in [0.15, 0.2) is 5.83 Å². The van der Waals surface area contributed by atoms with Crippen LogP contribution in [0.3, 0.4) is 0 Å². The van der Waals surface area contributed by atoms with Crippen molar-refractivity contribution in [2.75, 3.05) is 7.11 Å². The van der Waals surface area contributed by atoms with Gasteiger partial charge in [0.2, 0.25) is 0 Å². The Balaban J connectivity index is 1.69. The molecule has 2 fully saturated rings. The molecule has 0 aliphatic heterocycles. The molecule has 0 bridgehead atoms. The molecule has 0 heterocycles. The Morgan fingerprint density at radius 1 is 1.15 bits per heavy atom. The van der Waals surface area contributed by atoms with Gasteiger partial charge in [-0.1, -0.05) is 13.0 Å². The first kappa shape index (κ1) is 17.9. The molecule has 5 heteroatoms. The quantitative estimate of drug-likeness (QED) is 0.763. The number of aryl methyl sites for hydroxylation is 1. The van der Waals surface area contributed by atoms with E-state index < -0.39 is 22.9 Å². The number of benzene rings is 1. The van der Waals surface area contributed by atoms with E-state index in [9.17, 15) is 18.3 Å². The second-order valence-electron chi connectivity index (χ2n) is 8.41. The lowest BCUT2D eigenvalue weighted by atomic mass is 9.53. The Morgan fingerprint density at radius 3 is 2.62 bits per heavy atom. The van der Waals surface area contributed by atoms with Gasteiger partial charge < -0.3 is 9.84 Å². The highest BCUT2D eigenvalue weighted by Gasteiger charge is 2.64. The first-order chi connectivity index (χ1) is 12.3. The zero-order chi connectivity index (χ0) is 18.7. The van der Waals surface area contributed by atoms with Gasteiger partial charge in [-0.2, -0.15) is 8.78 Å². The lowest BCUT2D eigenvalue weighted by Gasteiger charge is -2.52. The molecule has 3 aliphatic rings. The normalized spacial score (nSPS) is 38.2. The van der Waals surface area contributed by atoms with Gasteiger partial charge in [0, 0.05) is 5.41 Å². The van der Waals surface area contributed by atoms with Gasteiger partial charge >= 0.3 is 6.08 Å². The lowest BCUT2D eigenvalue weighted by molar-refractivity contribution is -0.0927. The average molecular weight is 366 g/mol. The smallest absolute Gasteiger partial charge is 0.304 e. The minimum absolute atomic E-state index is 0.0617. The molecule has 2 saturated carbocycles. The summed E-state index contributed by atoms with van der Waals surface area (Å²) >= 11 is 0. The Kier molecular flexibility index (Phi) is 4.14. The number of aliphatic hydroxyl groups is 1. The average Bonchev–Trinajstić information content (AvgIpc) is 2.92. The summed E-state index contributed by atoms with van der Waals surface area (Å²) < 4.78 is 45.5. The third-order valence-electron chi connectivity index (χ3n) is 7.61. The number of methoxy groups -OCH3 is 1. The van der Waals surface area contributed by atoms with E-state index >= 15 is 0 Å². The van der Waals surface area contributed by atoms with Crippen LogP contribution in [0.25, 0.3) is 0 Å². The van der Waals surface area contributed by atoms with Crippen molar-refractivity contribution >= 4 is 0 Å². The van der Waals surface area contributed by atoms with E-state index in [0.717, 1.165) is 25.0 Å². The molecule has 0 radical (unpaired) electrons. The monoisotopic (exact) mass is 366 g/mol. The molecule has 0 unspecified atom stereocenters. The molecular formula is C21H25F3O2. The second kappa shape index (κ2) is 6.01. The fourth-order valence-corrected chi connectivity index (χ4v) is 6.22. The van der Waals surface area contributed by atoms with E-state index in [2.05, 4.69) is 12.1 Å². The van der Waals surface area contributed by atoms with Gasteiger partial charge in [-0.25, -0.2) is 4.39 Å². The van der Waals surface area contributed by atoms with Crippen molar-refractivity contribution < 1.29 is 23.0 Å². The van der Waals surface area contributed by atoms with Crippen LogP contribution >= 0.6 is 0 Å². The van der Waals surface area contributed by atoms with Crippen LogP contribution in [0.1, 0.15) is 56.1 Å². The van der Waals surface area contributed by atoms with Gasteiger partial charge in [-0.05, 0) is 79.5 Å². The van der Waals surface area contributed by atoms with Crippen LogP contribution in [0.4, 0.5) is 13.2 Å². The maximum atomic E-state index is 14.2. The highest BCUT2D eigenvalue weighted by atomic mass is 19.3. The van der Waals surface area contributed by atoms with E-state index in [4.69, 9.17) is 4.74 Å². The van der Waals surface area contributed by atoms with Gasteiger partial charge in [0.1, 0.15) is 11.4 Å². The SMILES string of the molecule is COc1ccc2c(c1)CC[C@@H]1[C@@H]2CC[C@@]2(C)[C@H]1CC[C@@]2(O)C(F)=C(F)F. The summed E-state index contributed by atoms with van der Waals surface area (Å²) in [5, 5.41) is 10.9. The van der Waals surface area contributed by atoms with Gasteiger partial charge in [0.25, 0.3) is 0 Å². The van der Waals surface area contributed by atoms with Crippen LogP contribution in [-0.4, -0.2) is 17.8 Å². The Bertz CT molecular complexity index is 758. The van der Waals surface area contributed by atoms with Crippen LogP contribution < -0.4 is 4.74 Å². The molecule has 26 heavy (non-hydrogen) atoms. The first-order valence-electron chi connectivity index (χ1n) is 9.42. The molecule has 5 atom stereocenters. The van der Waals surface area contributed by atoms with Crippen molar-refractivity contribution in [2.45, 2.75) is 57.0 Å². The molecule has 1 N–H and O–H groups in total. The molecule has 0 spiro atoms. The Morgan fingerprint density at radius 2 is 1.92 bits per heavy atom. The van der Waals surface area contributed by atoms with E-state index in [1.807, 2.05) is 13.0 Å². The molecule has 0 amide bonds. The highest BCUT2D eigenvalue weighted by Crippen LogP contribution is 2.66. The summed E-state index contributed by atoms with van der Waals surface area (Å²) in [5.41, 5.74) is -0.247. The van der Waals surface area contributed by atoms with Crippen molar-refractivity contribution in [2.24, 2.45) is 17.3 Å². The van der Waals surface area contributed by atoms with E-state index in [-0.39, 0.29) is 12.3 Å². The summed E-state index contributed by atoms with van der Waals surface area (Å²) in [7, 11) is 1.66. The lowest BCUT2D eigenvalue weighted by Crippen LogP contribution is -2.51. The van der Waals surface area contributed by atoms with Crippen LogP contribution in [0, 0.1) is 17.3 Å². The van der Waals surface area contributed by atoms with Crippen molar-refractivity contribution in [3.63, 3.8) is 0 Å². The molecule has 4 rings (SSSR count). The van der Waals surface area contributed by atoms with E-state index in [1.54, 1.807) is 7.11 Å². The molecule has 142 valence electrons. The van der Waals surface area contributed by atoms with Crippen molar-refractivity contribution in [1.82, 2.24) is 0 Å². The number of rotatable bonds is 2. The summed E-state index contributed by atoms with van der Waals surface area (Å²) in [6, 6.07) is 6.18. The minimum Gasteiger partial charge on any atom is -0.497 e. The molecule has 3 aliphatic carbocycles. The van der Waals surface area contributed by atoms with Crippen molar-refractivity contribution in [3.8, 4) is 5.75 Å². The van der Waals surface area contributed by atoms with E-state index in [0.29, 0.717) is 24.7 Å². The van der Waals surface area contributed by atoms with Crippen LogP contribution in [-0.2, 0) is 6.42 Å². The standard InChI is InChI=1S/C21H25F3O2/c1-20-9-7-15-14-6-4-13(26-2)11-12(14)3-5-16(15)17(20)8-10-21(20,25)18(22)19(23)24/h4,6,11,15-17,25H,3,5,7-10H2,1-2H3/t15-,16-,17+,20+,21-/m1/s1. The number of hydrogen-bond acceptors (Lipinski definition) is 2. The second-order valence-corrected chi connectivity index (χ2v) is 8.41. The molecule has 2 nitrogen and oxygen atoms in total. The number of halogens is 3. The molecule has 1 aromatic rings. The maximum absolute atomic E-state index is 14.2. The van der Waals surface area contributed by atoms with Crippen molar-refractivity contribution in [1.29, 1.82) is 0 Å². The number of hydrogen-bond donors (Lipinski definition) is 1. The Labute approximate surface area is 152 Å². The van der Waals surface area contributed by atoms with E-state index in [1.165, 1.54) is 11.1 Å². The predicted octanol–water partition coefficient (Wildman–Crippen LogP) is 5.36. The zero-order valence-corrected chi connectivity index (χ0v) is 15.2. The molecular weight excluding hydrogens is 341 g/mol. The largest absolute Gasteiger partial charge is 0.497 e. The number of ether oxygens (including phenoxy) is 1. The summed E-state index contributed by atoms with van der Waals surface area (Å²) in [5.74, 6) is -0.0382. The predicted molar refractivity (Wildman–Crippen MR) is 92.9 cm³/mol. The first-order valence-corrected chi connectivity index (χ1v) is 9.42. The zero-order valence-electron chi connectivity index (χ0n) is 15.2. The fraction of sp³-hybridized carbons (Fsp3) is 0.619. The molecule has 0 aromatic heterocycles. The molecule has 1 aromatic carbocycles. The number of fused-ring (bicyclic) bond motifs is 5. The maximum Gasteiger partial charge on any atom is 0.304 e. The third kappa shape index (κ3) is 2.29. The molecule has 0 saturated heterocycles. The van der Waals surface area contributed by atoms with Crippen LogP contribution in [0.5, 0.6) is 5.75 Å². The summed E-state index contributed by atoms with van der Waals surface area (Å²) in [6.45, 7) is 1.81. The fourth-order valence-electron chi connectivity index (χ4n) is 6.22. The third-order valence-corrected chi connectivity index (χ3v) is 7.61. The van der Waals surface area contributed by atoms with Gasteiger partial charge in [-0.3, -0.25) is 0 Å². The van der Waals surface area contributed by atoms with Gasteiger partial charge in [-0.15, -0.1) is 0 Å². The van der Waals surface area contributed by atoms with Gasteiger partial charge in [0.05, 0.1) is 7.11 Å². The topological polar surface area (TPSA) is 29.5 Å². The summed E-state index contributed by atoms with van der Waals surface area (Å²) in [6.07, 6.45) is 1.51. The van der Waals surface area contributed by atoms with Crippen LogP contribution in [0.2, 0.25) is 0 Å². The Hall–Kier alpha value is -1.49. The highest BCUT2D eigenvalue weighted by molar-refractivity contribution is 5.41. The minimum atomic E-state index is -2.38. The van der Waals surface area contributed by atoms with Crippen LogP contribution in [0.15, 0.2) is 30.1 Å².